The average molecular weight is 196 g/mol. The maximum atomic E-state index is 9.60. The van der Waals surface area contributed by atoms with Crippen LogP contribution in [0.5, 0.6) is 11.5 Å². The van der Waals surface area contributed by atoms with Crippen molar-refractivity contribution in [1.29, 1.82) is 0 Å². The number of benzene rings is 1. The summed E-state index contributed by atoms with van der Waals surface area (Å²) < 4.78 is 10.3. The number of fused-ring (bicyclic) bond motifs is 1. The highest BCUT2D eigenvalue weighted by molar-refractivity contribution is 5.44. The summed E-state index contributed by atoms with van der Waals surface area (Å²) in [7, 11) is 0. The zero-order valence-electron chi connectivity index (χ0n) is 7.64. The van der Waals surface area contributed by atoms with E-state index >= 15 is 0 Å². The van der Waals surface area contributed by atoms with Crippen LogP contribution in [0.3, 0.4) is 0 Å². The predicted molar refractivity (Wildman–Crippen MR) is 49.2 cm³/mol. The standard InChI is InChI=1S/C10H12O4/c11-4-3-8(12)7-1-2-9-10(5-7)14-6-13-9/h1-2,5,8,11-12H,3-4,6H2. The zero-order valence-corrected chi connectivity index (χ0v) is 7.64. The number of hydrogen-bond donors (Lipinski definition) is 2. The molecule has 4 nitrogen and oxygen atoms in total. The highest BCUT2D eigenvalue weighted by Gasteiger charge is 2.15. The molecular formula is C10H12O4. The predicted octanol–water partition coefficient (Wildman–Crippen LogP) is 0.831. The van der Waals surface area contributed by atoms with Crippen molar-refractivity contribution in [3.05, 3.63) is 23.8 Å². The molecule has 0 fully saturated rings. The summed E-state index contributed by atoms with van der Waals surface area (Å²) in [5, 5.41) is 18.3. The van der Waals surface area contributed by atoms with Crippen molar-refractivity contribution in [1.82, 2.24) is 0 Å². The first kappa shape index (κ1) is 9.30. The van der Waals surface area contributed by atoms with Gasteiger partial charge in [-0.25, -0.2) is 0 Å². The summed E-state index contributed by atoms with van der Waals surface area (Å²) >= 11 is 0. The largest absolute Gasteiger partial charge is 0.454 e. The molecule has 76 valence electrons. The first-order chi connectivity index (χ1) is 6.81. The highest BCUT2D eigenvalue weighted by atomic mass is 16.7. The van der Waals surface area contributed by atoms with Crippen LogP contribution in [0.1, 0.15) is 18.1 Å². The number of hydrogen-bond acceptors (Lipinski definition) is 4. The molecule has 1 aromatic rings. The van der Waals surface area contributed by atoms with E-state index in [1.165, 1.54) is 0 Å². The fourth-order valence-corrected chi connectivity index (χ4v) is 1.41. The molecule has 0 aliphatic carbocycles. The molecule has 1 aliphatic heterocycles. The van der Waals surface area contributed by atoms with Gasteiger partial charge >= 0.3 is 0 Å². The van der Waals surface area contributed by atoms with E-state index in [9.17, 15) is 5.11 Å². The molecule has 0 saturated heterocycles. The second-order valence-electron chi connectivity index (χ2n) is 3.14. The van der Waals surface area contributed by atoms with Crippen LogP contribution in [0.15, 0.2) is 18.2 Å². The van der Waals surface area contributed by atoms with Crippen LogP contribution in [0, 0.1) is 0 Å². The summed E-state index contributed by atoms with van der Waals surface area (Å²) in [5.74, 6) is 1.35. The Kier molecular flexibility index (Phi) is 2.56. The number of rotatable bonds is 3. The van der Waals surface area contributed by atoms with Gasteiger partial charge in [-0.05, 0) is 17.7 Å². The van der Waals surface area contributed by atoms with Crippen molar-refractivity contribution in [3.63, 3.8) is 0 Å². The lowest BCUT2D eigenvalue weighted by Crippen LogP contribution is -1.99. The summed E-state index contributed by atoms with van der Waals surface area (Å²) in [4.78, 5) is 0. The SMILES string of the molecule is OCCC(O)c1ccc2c(c1)OCO2. The van der Waals surface area contributed by atoms with Crippen molar-refractivity contribution in [2.24, 2.45) is 0 Å². The van der Waals surface area contributed by atoms with Crippen molar-refractivity contribution in [3.8, 4) is 11.5 Å². The molecular weight excluding hydrogens is 184 g/mol. The summed E-state index contributed by atoms with van der Waals surface area (Å²) in [6.45, 7) is 0.199. The van der Waals surface area contributed by atoms with E-state index in [4.69, 9.17) is 14.6 Å². The monoisotopic (exact) mass is 196 g/mol. The lowest BCUT2D eigenvalue weighted by molar-refractivity contribution is 0.134. The van der Waals surface area contributed by atoms with Crippen LogP contribution in [-0.2, 0) is 0 Å². The molecule has 1 unspecified atom stereocenters. The van der Waals surface area contributed by atoms with E-state index in [1.54, 1.807) is 18.2 Å². The molecule has 0 saturated carbocycles. The van der Waals surface area contributed by atoms with Crippen LogP contribution in [0.2, 0.25) is 0 Å². The quantitative estimate of drug-likeness (QED) is 0.751. The normalized spacial score (nSPS) is 15.6. The third-order valence-corrected chi connectivity index (χ3v) is 2.18. The molecule has 1 aromatic carbocycles. The van der Waals surface area contributed by atoms with E-state index in [1.807, 2.05) is 0 Å². The van der Waals surface area contributed by atoms with Gasteiger partial charge in [0.1, 0.15) is 0 Å². The molecule has 0 aromatic heterocycles. The Labute approximate surface area is 81.7 Å². The fraction of sp³-hybridized carbons (Fsp3) is 0.400. The maximum Gasteiger partial charge on any atom is 0.231 e. The molecule has 0 radical (unpaired) electrons. The van der Waals surface area contributed by atoms with Gasteiger partial charge in [-0.1, -0.05) is 6.07 Å². The molecule has 0 bridgehead atoms. The Bertz CT molecular complexity index is 324. The summed E-state index contributed by atoms with van der Waals surface area (Å²) in [5.41, 5.74) is 0.739. The third kappa shape index (κ3) is 1.66. The van der Waals surface area contributed by atoms with Gasteiger partial charge < -0.3 is 19.7 Å². The minimum absolute atomic E-state index is 0.0321. The summed E-state index contributed by atoms with van der Waals surface area (Å²) in [6.07, 6.45) is -0.311. The van der Waals surface area contributed by atoms with Gasteiger partial charge in [-0.3, -0.25) is 0 Å². The Morgan fingerprint density at radius 1 is 1.29 bits per heavy atom. The molecule has 0 spiro atoms. The zero-order chi connectivity index (χ0) is 9.97. The van der Waals surface area contributed by atoms with E-state index in [0.29, 0.717) is 17.9 Å². The van der Waals surface area contributed by atoms with Gasteiger partial charge in [0.05, 0.1) is 6.10 Å². The number of ether oxygens (including phenoxy) is 2. The van der Waals surface area contributed by atoms with Crippen LogP contribution in [-0.4, -0.2) is 23.6 Å². The van der Waals surface area contributed by atoms with Gasteiger partial charge in [0.25, 0.3) is 0 Å². The molecule has 14 heavy (non-hydrogen) atoms. The van der Waals surface area contributed by atoms with E-state index in [0.717, 1.165) is 5.56 Å². The van der Waals surface area contributed by atoms with E-state index in [2.05, 4.69) is 0 Å². The number of aliphatic hydroxyl groups excluding tert-OH is 2. The molecule has 1 aliphatic rings. The highest BCUT2D eigenvalue weighted by Crippen LogP contribution is 2.34. The van der Waals surface area contributed by atoms with Gasteiger partial charge in [0, 0.05) is 13.0 Å². The minimum atomic E-state index is -0.644. The topological polar surface area (TPSA) is 58.9 Å². The lowest BCUT2D eigenvalue weighted by atomic mass is 10.1. The van der Waals surface area contributed by atoms with Gasteiger partial charge in [-0.2, -0.15) is 0 Å². The molecule has 4 heteroatoms. The molecule has 0 amide bonds. The Balaban J connectivity index is 2.19. The number of aliphatic hydroxyl groups is 2. The van der Waals surface area contributed by atoms with Crippen molar-refractivity contribution in [2.75, 3.05) is 13.4 Å². The summed E-state index contributed by atoms with van der Waals surface area (Å²) in [6, 6.07) is 5.27. The van der Waals surface area contributed by atoms with Crippen LogP contribution < -0.4 is 9.47 Å². The van der Waals surface area contributed by atoms with Crippen LogP contribution in [0.25, 0.3) is 0 Å². The van der Waals surface area contributed by atoms with E-state index < -0.39 is 6.10 Å². The average Bonchev–Trinajstić information content (AvgIpc) is 2.64. The smallest absolute Gasteiger partial charge is 0.231 e. The third-order valence-electron chi connectivity index (χ3n) is 2.18. The van der Waals surface area contributed by atoms with Crippen molar-refractivity contribution >= 4 is 0 Å². The lowest BCUT2D eigenvalue weighted by Gasteiger charge is -2.09. The van der Waals surface area contributed by atoms with Crippen molar-refractivity contribution in [2.45, 2.75) is 12.5 Å². The fourth-order valence-electron chi connectivity index (χ4n) is 1.41. The van der Waals surface area contributed by atoms with Crippen LogP contribution >= 0.6 is 0 Å². The molecule has 2 rings (SSSR count). The molecule has 2 N–H and O–H groups in total. The first-order valence-corrected chi connectivity index (χ1v) is 4.49. The van der Waals surface area contributed by atoms with Gasteiger partial charge in [0.15, 0.2) is 11.5 Å². The Hall–Kier alpha value is -1.26. The van der Waals surface area contributed by atoms with E-state index in [-0.39, 0.29) is 13.4 Å². The van der Waals surface area contributed by atoms with Gasteiger partial charge in [-0.15, -0.1) is 0 Å². The maximum absolute atomic E-state index is 9.60. The van der Waals surface area contributed by atoms with Crippen LogP contribution in [0.4, 0.5) is 0 Å². The Morgan fingerprint density at radius 3 is 2.86 bits per heavy atom. The molecule has 1 atom stereocenters. The minimum Gasteiger partial charge on any atom is -0.454 e. The second kappa shape index (κ2) is 3.86. The first-order valence-electron chi connectivity index (χ1n) is 4.49. The second-order valence-corrected chi connectivity index (χ2v) is 3.14. The Morgan fingerprint density at radius 2 is 2.07 bits per heavy atom. The van der Waals surface area contributed by atoms with Gasteiger partial charge in [0.2, 0.25) is 6.79 Å². The molecule has 1 heterocycles. The van der Waals surface area contributed by atoms with Crippen molar-refractivity contribution < 1.29 is 19.7 Å².